The van der Waals surface area contributed by atoms with Gasteiger partial charge in [0.25, 0.3) is 0 Å². The molecule has 2 aromatic rings. The number of hydrogen-bond donors (Lipinski definition) is 0. The fourth-order valence-corrected chi connectivity index (χ4v) is 1.47. The molecule has 2 heterocycles. The van der Waals surface area contributed by atoms with Crippen LogP contribution >= 0.6 is 11.6 Å². The normalized spacial score (nSPS) is 11.2. The van der Waals surface area contributed by atoms with Gasteiger partial charge in [0.15, 0.2) is 5.15 Å². The molecule has 2 rings (SSSR count). The molecule has 0 fully saturated rings. The maximum absolute atomic E-state index is 5.83. The first kappa shape index (κ1) is 6.67. The van der Waals surface area contributed by atoms with E-state index in [2.05, 4.69) is 10.2 Å². The van der Waals surface area contributed by atoms with Crippen molar-refractivity contribution in [2.75, 3.05) is 0 Å². The van der Waals surface area contributed by atoms with E-state index in [4.69, 9.17) is 11.6 Å². The van der Waals surface area contributed by atoms with E-state index >= 15 is 0 Å². The summed E-state index contributed by atoms with van der Waals surface area (Å²) < 4.78 is 3.43. The third-order valence-corrected chi connectivity index (χ3v) is 1.96. The Balaban J connectivity index is 2.98. The number of aromatic nitrogens is 4. The van der Waals surface area contributed by atoms with E-state index in [-0.39, 0.29) is 0 Å². The molecule has 0 aliphatic carbocycles. The van der Waals surface area contributed by atoms with Crippen molar-refractivity contribution < 1.29 is 0 Å². The molecule has 0 aliphatic rings. The zero-order valence-corrected chi connectivity index (χ0v) is 7.00. The van der Waals surface area contributed by atoms with Crippen LogP contribution < -0.4 is 0 Å². The van der Waals surface area contributed by atoms with Crippen molar-refractivity contribution in [3.05, 3.63) is 11.3 Å². The summed E-state index contributed by atoms with van der Waals surface area (Å²) >= 11 is 5.83. The fourth-order valence-electron chi connectivity index (χ4n) is 1.13. The molecular formula is C6H7ClN4. The third-order valence-electron chi connectivity index (χ3n) is 1.70. The minimum absolute atomic E-state index is 0.502. The van der Waals surface area contributed by atoms with Crippen LogP contribution in [0.25, 0.3) is 11.0 Å². The number of nitrogens with zero attached hydrogens (tertiary/aromatic N) is 4. The molecule has 0 atom stereocenters. The summed E-state index contributed by atoms with van der Waals surface area (Å²) in [5.74, 6) is 0. The quantitative estimate of drug-likeness (QED) is 0.591. The van der Waals surface area contributed by atoms with Crippen molar-refractivity contribution in [3.63, 3.8) is 0 Å². The smallest absolute Gasteiger partial charge is 0.176 e. The van der Waals surface area contributed by atoms with Gasteiger partial charge >= 0.3 is 0 Å². The van der Waals surface area contributed by atoms with Crippen LogP contribution in [0.1, 0.15) is 0 Å². The highest BCUT2D eigenvalue weighted by Crippen LogP contribution is 2.20. The Morgan fingerprint density at radius 3 is 2.73 bits per heavy atom. The first-order chi connectivity index (χ1) is 5.20. The molecule has 58 valence electrons. The molecule has 11 heavy (non-hydrogen) atoms. The Kier molecular flexibility index (Phi) is 1.20. The number of halogens is 1. The summed E-state index contributed by atoms with van der Waals surface area (Å²) in [4.78, 5) is 0. The first-order valence-corrected chi connectivity index (χ1v) is 3.58. The van der Waals surface area contributed by atoms with Gasteiger partial charge in [0.2, 0.25) is 0 Å². The van der Waals surface area contributed by atoms with Crippen LogP contribution in [0.4, 0.5) is 0 Å². The van der Waals surface area contributed by atoms with Crippen molar-refractivity contribution in [2.24, 2.45) is 14.1 Å². The second-order valence-corrected chi connectivity index (χ2v) is 2.77. The predicted octanol–water partition coefficient (Wildman–Crippen LogP) is 0.960. The second kappa shape index (κ2) is 1.98. The third kappa shape index (κ3) is 0.758. The van der Waals surface area contributed by atoms with E-state index in [1.807, 2.05) is 14.1 Å². The van der Waals surface area contributed by atoms with Crippen molar-refractivity contribution >= 4 is 22.6 Å². The monoisotopic (exact) mass is 170 g/mol. The van der Waals surface area contributed by atoms with Gasteiger partial charge in [-0.25, -0.2) is 0 Å². The van der Waals surface area contributed by atoms with Gasteiger partial charge in [-0.15, -0.1) is 0 Å². The lowest BCUT2D eigenvalue weighted by Gasteiger charge is -1.85. The van der Waals surface area contributed by atoms with Gasteiger partial charge in [0.05, 0.1) is 6.20 Å². The first-order valence-electron chi connectivity index (χ1n) is 3.20. The molecule has 0 spiro atoms. The summed E-state index contributed by atoms with van der Waals surface area (Å²) in [6, 6.07) is 0. The van der Waals surface area contributed by atoms with E-state index in [9.17, 15) is 0 Å². The maximum atomic E-state index is 5.83. The molecule has 0 saturated carbocycles. The van der Waals surface area contributed by atoms with Crippen LogP contribution in [-0.4, -0.2) is 19.6 Å². The van der Waals surface area contributed by atoms with E-state index in [0.717, 1.165) is 11.0 Å². The molecule has 0 bridgehead atoms. The van der Waals surface area contributed by atoms with E-state index in [1.165, 1.54) is 0 Å². The molecule has 4 nitrogen and oxygen atoms in total. The maximum Gasteiger partial charge on any atom is 0.176 e. The zero-order valence-electron chi connectivity index (χ0n) is 6.24. The Hall–Kier alpha value is -1.03. The Labute approximate surface area is 68.4 Å². The van der Waals surface area contributed by atoms with Crippen LogP contribution in [0.3, 0.4) is 0 Å². The highest BCUT2D eigenvalue weighted by Gasteiger charge is 2.09. The minimum atomic E-state index is 0.502. The molecule has 0 radical (unpaired) electrons. The van der Waals surface area contributed by atoms with Gasteiger partial charge < -0.3 is 0 Å². The lowest BCUT2D eigenvalue weighted by Crippen LogP contribution is -1.89. The van der Waals surface area contributed by atoms with Crippen molar-refractivity contribution in [1.82, 2.24) is 19.6 Å². The van der Waals surface area contributed by atoms with Gasteiger partial charge in [-0.3, -0.25) is 9.36 Å². The Bertz CT molecular complexity index is 400. The molecule has 0 aromatic carbocycles. The summed E-state index contributed by atoms with van der Waals surface area (Å²) in [5.41, 5.74) is 1.84. The number of hydrogen-bond acceptors (Lipinski definition) is 2. The zero-order chi connectivity index (χ0) is 8.01. The number of rotatable bonds is 0. The summed E-state index contributed by atoms with van der Waals surface area (Å²) in [5, 5.41) is 8.58. The molecule has 0 N–H and O–H groups in total. The summed E-state index contributed by atoms with van der Waals surface area (Å²) in [6.45, 7) is 0. The number of aryl methyl sites for hydroxylation is 2. The molecule has 5 heteroatoms. The Morgan fingerprint density at radius 2 is 2.09 bits per heavy atom. The van der Waals surface area contributed by atoms with Crippen LogP contribution in [-0.2, 0) is 14.1 Å². The Morgan fingerprint density at radius 1 is 1.36 bits per heavy atom. The topological polar surface area (TPSA) is 35.6 Å². The van der Waals surface area contributed by atoms with E-state index in [0.29, 0.717) is 5.15 Å². The predicted molar refractivity (Wildman–Crippen MR) is 42.5 cm³/mol. The lowest BCUT2D eigenvalue weighted by molar-refractivity contribution is 0.777. The average molecular weight is 171 g/mol. The van der Waals surface area contributed by atoms with Crippen molar-refractivity contribution in [2.45, 2.75) is 0 Å². The largest absolute Gasteiger partial charge is 0.263 e. The molecular weight excluding hydrogens is 164 g/mol. The summed E-state index contributed by atoms with van der Waals surface area (Å²) in [6.07, 6.45) is 1.74. The van der Waals surface area contributed by atoms with Crippen molar-refractivity contribution in [1.29, 1.82) is 0 Å². The molecule has 0 unspecified atom stereocenters. The van der Waals surface area contributed by atoms with E-state index in [1.54, 1.807) is 15.6 Å². The van der Waals surface area contributed by atoms with Gasteiger partial charge in [-0.2, -0.15) is 10.2 Å². The highest BCUT2D eigenvalue weighted by atomic mass is 35.5. The highest BCUT2D eigenvalue weighted by molar-refractivity contribution is 6.33. The van der Waals surface area contributed by atoms with Gasteiger partial charge in [-0.05, 0) is 0 Å². The molecule has 0 amide bonds. The average Bonchev–Trinajstić information content (AvgIpc) is 2.41. The second-order valence-electron chi connectivity index (χ2n) is 2.42. The SMILES string of the molecule is Cn1nc(Cl)c2c1cnn2C. The van der Waals surface area contributed by atoms with Crippen LogP contribution in [0.15, 0.2) is 6.20 Å². The van der Waals surface area contributed by atoms with Gasteiger partial charge in [0, 0.05) is 14.1 Å². The van der Waals surface area contributed by atoms with E-state index < -0.39 is 0 Å². The van der Waals surface area contributed by atoms with Crippen LogP contribution in [0, 0.1) is 0 Å². The van der Waals surface area contributed by atoms with Crippen molar-refractivity contribution in [3.8, 4) is 0 Å². The van der Waals surface area contributed by atoms with Gasteiger partial charge in [0.1, 0.15) is 11.0 Å². The summed E-state index contributed by atoms with van der Waals surface area (Å²) in [7, 11) is 3.69. The number of fused-ring (bicyclic) bond motifs is 1. The molecule has 0 aliphatic heterocycles. The lowest BCUT2D eigenvalue weighted by atomic mass is 10.5. The standard InChI is InChI=1S/C6H7ClN4/c1-10-4-3-8-11(2)5(4)6(7)9-10/h3H,1-2H3. The molecule has 0 saturated heterocycles. The van der Waals surface area contributed by atoms with Gasteiger partial charge in [-0.1, -0.05) is 11.6 Å². The minimum Gasteiger partial charge on any atom is -0.263 e. The molecule has 2 aromatic heterocycles. The van der Waals surface area contributed by atoms with Crippen LogP contribution in [0.5, 0.6) is 0 Å². The van der Waals surface area contributed by atoms with Crippen LogP contribution in [0.2, 0.25) is 5.15 Å². The fraction of sp³-hybridized carbons (Fsp3) is 0.333.